The molecule has 0 fully saturated rings. The summed E-state index contributed by atoms with van der Waals surface area (Å²) in [6, 6.07) is 6.73. The molecule has 0 bridgehead atoms. The number of rotatable bonds is 5. The first-order chi connectivity index (χ1) is 9.63. The predicted octanol–water partition coefficient (Wildman–Crippen LogP) is 2.21. The highest BCUT2D eigenvalue weighted by Gasteiger charge is 2.10. The van der Waals surface area contributed by atoms with E-state index in [2.05, 4.69) is 22.4 Å². The van der Waals surface area contributed by atoms with Crippen LogP contribution < -0.4 is 15.8 Å². The molecule has 1 amide bonds. The lowest BCUT2D eigenvalue weighted by Crippen LogP contribution is -2.12. The van der Waals surface area contributed by atoms with Crippen molar-refractivity contribution in [2.75, 3.05) is 18.2 Å². The number of aromatic nitrogens is 2. The quantitative estimate of drug-likeness (QED) is 0.729. The van der Waals surface area contributed by atoms with E-state index in [1.54, 1.807) is 18.2 Å². The van der Waals surface area contributed by atoms with Crippen LogP contribution in [0.3, 0.4) is 0 Å². The number of nitrogens with zero attached hydrogens (tertiary/aromatic N) is 1. The molecule has 6 nitrogen and oxygen atoms in total. The number of ether oxygens (including phenoxy) is 1. The van der Waals surface area contributed by atoms with Crippen molar-refractivity contribution in [2.24, 2.45) is 0 Å². The Labute approximate surface area is 117 Å². The Morgan fingerprint density at radius 3 is 2.90 bits per heavy atom. The van der Waals surface area contributed by atoms with Gasteiger partial charge >= 0.3 is 0 Å². The minimum atomic E-state index is -0.256. The summed E-state index contributed by atoms with van der Waals surface area (Å²) in [4.78, 5) is 12.1. The number of anilines is 2. The van der Waals surface area contributed by atoms with Crippen molar-refractivity contribution in [3.05, 3.63) is 35.5 Å². The molecule has 0 aliphatic carbocycles. The van der Waals surface area contributed by atoms with Gasteiger partial charge in [-0.05, 0) is 24.6 Å². The number of benzene rings is 1. The molecule has 0 aliphatic heterocycles. The van der Waals surface area contributed by atoms with E-state index in [0.717, 1.165) is 18.5 Å². The Balaban J connectivity index is 2.09. The van der Waals surface area contributed by atoms with Gasteiger partial charge in [-0.1, -0.05) is 13.3 Å². The normalized spacial score (nSPS) is 10.3. The molecule has 1 aromatic heterocycles. The number of methoxy groups -OCH3 is 1. The second-order valence-corrected chi connectivity index (χ2v) is 4.44. The summed E-state index contributed by atoms with van der Waals surface area (Å²) in [6.07, 6.45) is 1.92. The van der Waals surface area contributed by atoms with Crippen LogP contribution in [-0.4, -0.2) is 23.2 Å². The van der Waals surface area contributed by atoms with E-state index >= 15 is 0 Å². The topological polar surface area (TPSA) is 93.0 Å². The van der Waals surface area contributed by atoms with E-state index in [9.17, 15) is 4.79 Å². The zero-order valence-electron chi connectivity index (χ0n) is 11.6. The molecule has 0 spiro atoms. The van der Waals surface area contributed by atoms with Crippen molar-refractivity contribution in [3.8, 4) is 5.75 Å². The van der Waals surface area contributed by atoms with Gasteiger partial charge in [0.25, 0.3) is 5.91 Å². The fourth-order valence-corrected chi connectivity index (χ4v) is 1.89. The molecule has 106 valence electrons. The van der Waals surface area contributed by atoms with Crippen LogP contribution in [0.15, 0.2) is 24.3 Å². The Morgan fingerprint density at radius 2 is 2.25 bits per heavy atom. The number of carbonyl (C=O) groups is 1. The molecule has 0 aliphatic rings. The van der Waals surface area contributed by atoms with Crippen LogP contribution >= 0.6 is 0 Å². The van der Waals surface area contributed by atoms with Crippen LogP contribution in [0.5, 0.6) is 5.75 Å². The predicted molar refractivity (Wildman–Crippen MR) is 77.9 cm³/mol. The molecule has 0 atom stereocenters. The van der Waals surface area contributed by atoms with Crippen LogP contribution in [0.4, 0.5) is 11.5 Å². The number of carbonyl (C=O) groups excluding carboxylic acids is 1. The lowest BCUT2D eigenvalue weighted by atomic mass is 10.1. The van der Waals surface area contributed by atoms with Crippen molar-refractivity contribution in [1.82, 2.24) is 10.2 Å². The van der Waals surface area contributed by atoms with Crippen molar-refractivity contribution in [1.29, 1.82) is 0 Å². The third-order valence-electron chi connectivity index (χ3n) is 2.88. The van der Waals surface area contributed by atoms with Crippen LogP contribution in [0.25, 0.3) is 0 Å². The van der Waals surface area contributed by atoms with Gasteiger partial charge in [-0.15, -0.1) is 0 Å². The lowest BCUT2D eigenvalue weighted by Gasteiger charge is -2.06. The smallest absolute Gasteiger partial charge is 0.256 e. The maximum atomic E-state index is 12.1. The van der Waals surface area contributed by atoms with Gasteiger partial charge in [-0.25, -0.2) is 0 Å². The second-order valence-electron chi connectivity index (χ2n) is 4.44. The van der Waals surface area contributed by atoms with Crippen LogP contribution in [-0.2, 0) is 6.42 Å². The van der Waals surface area contributed by atoms with Gasteiger partial charge < -0.3 is 15.8 Å². The van der Waals surface area contributed by atoms with Gasteiger partial charge in [-0.2, -0.15) is 5.10 Å². The van der Waals surface area contributed by atoms with Gasteiger partial charge in [0.05, 0.1) is 12.8 Å². The molecule has 1 heterocycles. The first kappa shape index (κ1) is 13.9. The molecule has 0 saturated carbocycles. The van der Waals surface area contributed by atoms with Crippen molar-refractivity contribution < 1.29 is 9.53 Å². The number of aromatic amines is 1. The van der Waals surface area contributed by atoms with Crippen molar-refractivity contribution in [3.63, 3.8) is 0 Å². The van der Waals surface area contributed by atoms with E-state index < -0.39 is 0 Å². The minimum Gasteiger partial charge on any atom is -0.495 e. The Bertz CT molecular complexity index is 607. The van der Waals surface area contributed by atoms with Gasteiger partial charge in [0, 0.05) is 17.3 Å². The van der Waals surface area contributed by atoms with E-state index in [1.807, 2.05) is 6.07 Å². The first-order valence-electron chi connectivity index (χ1n) is 6.43. The number of nitrogens with two attached hydrogens (primary N) is 1. The monoisotopic (exact) mass is 274 g/mol. The van der Waals surface area contributed by atoms with E-state index in [1.165, 1.54) is 7.11 Å². The summed E-state index contributed by atoms with van der Waals surface area (Å²) in [5.74, 6) is 0.799. The standard InChI is InChI=1S/C14H18N4O2/c1-3-4-10-8-13(18-17-10)16-14(19)9-5-6-12(20-2)11(15)7-9/h5-8H,3-4,15H2,1-2H3,(H2,16,17,18,19). The number of aryl methyl sites for hydroxylation is 1. The number of hydrogen-bond donors (Lipinski definition) is 3. The first-order valence-corrected chi connectivity index (χ1v) is 6.43. The fourth-order valence-electron chi connectivity index (χ4n) is 1.89. The van der Waals surface area contributed by atoms with E-state index in [-0.39, 0.29) is 5.91 Å². The van der Waals surface area contributed by atoms with Crippen molar-refractivity contribution >= 4 is 17.4 Å². The van der Waals surface area contributed by atoms with Gasteiger partial charge in [-0.3, -0.25) is 9.89 Å². The Hall–Kier alpha value is -2.50. The van der Waals surface area contributed by atoms with Crippen molar-refractivity contribution in [2.45, 2.75) is 19.8 Å². The van der Waals surface area contributed by atoms with Gasteiger partial charge in [0.2, 0.25) is 0 Å². The summed E-state index contributed by atoms with van der Waals surface area (Å²) in [5, 5.41) is 9.65. The summed E-state index contributed by atoms with van der Waals surface area (Å²) >= 11 is 0. The number of nitrogen functional groups attached to an aromatic ring is 1. The number of amides is 1. The third-order valence-corrected chi connectivity index (χ3v) is 2.88. The molecule has 2 rings (SSSR count). The van der Waals surface area contributed by atoms with Crippen LogP contribution in [0.2, 0.25) is 0 Å². The highest BCUT2D eigenvalue weighted by atomic mass is 16.5. The summed E-state index contributed by atoms with van der Waals surface area (Å²) in [5.41, 5.74) is 7.66. The molecule has 0 unspecified atom stereocenters. The lowest BCUT2D eigenvalue weighted by molar-refractivity contribution is 0.102. The molecule has 4 N–H and O–H groups in total. The zero-order valence-corrected chi connectivity index (χ0v) is 11.6. The molecule has 0 saturated heterocycles. The SMILES string of the molecule is CCCc1cc(NC(=O)c2ccc(OC)c(N)c2)n[nH]1. The minimum absolute atomic E-state index is 0.256. The third kappa shape index (κ3) is 3.09. The van der Waals surface area contributed by atoms with Gasteiger partial charge in [0.1, 0.15) is 5.75 Å². The molecule has 6 heteroatoms. The van der Waals surface area contributed by atoms with Crippen LogP contribution in [0.1, 0.15) is 29.4 Å². The maximum absolute atomic E-state index is 12.1. The van der Waals surface area contributed by atoms with Crippen LogP contribution in [0, 0.1) is 0 Å². The molecule has 20 heavy (non-hydrogen) atoms. The molecule has 1 aromatic carbocycles. The Morgan fingerprint density at radius 1 is 1.45 bits per heavy atom. The zero-order chi connectivity index (χ0) is 14.5. The summed E-state index contributed by atoms with van der Waals surface area (Å²) in [6.45, 7) is 2.08. The van der Waals surface area contributed by atoms with E-state index in [4.69, 9.17) is 10.5 Å². The summed E-state index contributed by atoms with van der Waals surface area (Å²) < 4.78 is 5.05. The number of nitrogens with one attached hydrogen (secondary N) is 2. The van der Waals surface area contributed by atoms with E-state index in [0.29, 0.717) is 22.8 Å². The molecular formula is C14H18N4O2. The molecule has 0 radical (unpaired) electrons. The largest absolute Gasteiger partial charge is 0.495 e. The molecule has 2 aromatic rings. The maximum Gasteiger partial charge on any atom is 0.256 e. The average molecular weight is 274 g/mol. The average Bonchev–Trinajstić information content (AvgIpc) is 2.86. The number of hydrogen-bond acceptors (Lipinski definition) is 4. The Kier molecular flexibility index (Phi) is 4.24. The highest BCUT2D eigenvalue weighted by molar-refractivity contribution is 6.04. The summed E-state index contributed by atoms with van der Waals surface area (Å²) in [7, 11) is 1.53. The second kappa shape index (κ2) is 6.10. The fraction of sp³-hybridized carbons (Fsp3) is 0.286. The van der Waals surface area contributed by atoms with Gasteiger partial charge in [0.15, 0.2) is 5.82 Å². The highest BCUT2D eigenvalue weighted by Crippen LogP contribution is 2.22. The number of H-pyrrole nitrogens is 1. The molecular weight excluding hydrogens is 256 g/mol.